The summed E-state index contributed by atoms with van der Waals surface area (Å²) >= 11 is 2.19. The van der Waals surface area contributed by atoms with E-state index in [4.69, 9.17) is 0 Å². The Morgan fingerprint density at radius 2 is 1.90 bits per heavy atom. The van der Waals surface area contributed by atoms with Crippen LogP contribution in [-0.4, -0.2) is 47.1 Å². The van der Waals surface area contributed by atoms with E-state index in [-0.39, 0.29) is 0 Å². The number of rotatable bonds is 4. The van der Waals surface area contributed by atoms with Crippen LogP contribution in [-0.2, 0) is 0 Å². The molecule has 0 radical (unpaired) electrons. The molecule has 2 nitrogen and oxygen atoms in total. The zero-order valence-corrected chi connectivity index (χ0v) is 14.8. The minimum absolute atomic E-state index is 0.736. The van der Waals surface area contributed by atoms with Gasteiger partial charge in [0.25, 0.3) is 0 Å². The van der Waals surface area contributed by atoms with E-state index in [0.29, 0.717) is 0 Å². The van der Waals surface area contributed by atoms with E-state index in [2.05, 4.69) is 35.8 Å². The van der Waals surface area contributed by atoms with Crippen molar-refractivity contribution in [2.75, 3.05) is 18.8 Å². The van der Waals surface area contributed by atoms with Crippen LogP contribution < -0.4 is 5.32 Å². The number of piperazine rings is 1. The number of hydrogen-bond acceptors (Lipinski definition) is 3. The van der Waals surface area contributed by atoms with Crippen molar-refractivity contribution in [1.29, 1.82) is 0 Å². The molecular formula is C18H34N2S. The number of nitrogens with zero attached hydrogens (tertiary/aromatic N) is 1. The molecule has 2 aliphatic carbocycles. The van der Waals surface area contributed by atoms with Gasteiger partial charge in [-0.15, -0.1) is 0 Å². The highest BCUT2D eigenvalue weighted by molar-refractivity contribution is 7.99. The van der Waals surface area contributed by atoms with Gasteiger partial charge in [-0.25, -0.2) is 0 Å². The lowest BCUT2D eigenvalue weighted by Gasteiger charge is -2.45. The quantitative estimate of drug-likeness (QED) is 0.848. The Morgan fingerprint density at radius 1 is 1.10 bits per heavy atom. The predicted octanol–water partition coefficient (Wildman–Crippen LogP) is 3.90. The summed E-state index contributed by atoms with van der Waals surface area (Å²) in [5.41, 5.74) is 0. The van der Waals surface area contributed by atoms with Gasteiger partial charge < -0.3 is 5.32 Å². The van der Waals surface area contributed by atoms with Crippen LogP contribution >= 0.6 is 11.8 Å². The first-order valence-electron chi connectivity index (χ1n) is 9.38. The molecule has 0 amide bonds. The topological polar surface area (TPSA) is 15.3 Å². The van der Waals surface area contributed by atoms with E-state index in [0.717, 1.165) is 29.3 Å². The van der Waals surface area contributed by atoms with Crippen LogP contribution in [0.2, 0.25) is 0 Å². The molecule has 1 N–H and O–H groups in total. The lowest BCUT2D eigenvalue weighted by Crippen LogP contribution is -2.60. The lowest BCUT2D eigenvalue weighted by atomic mass is 9.82. The van der Waals surface area contributed by atoms with Crippen LogP contribution in [0.15, 0.2) is 0 Å². The Kier molecular flexibility index (Phi) is 5.92. The highest BCUT2D eigenvalue weighted by Gasteiger charge is 2.37. The van der Waals surface area contributed by atoms with Crippen LogP contribution in [0.1, 0.15) is 65.2 Å². The van der Waals surface area contributed by atoms with Gasteiger partial charge in [-0.1, -0.05) is 26.2 Å². The van der Waals surface area contributed by atoms with Crippen molar-refractivity contribution in [2.24, 2.45) is 5.92 Å². The summed E-state index contributed by atoms with van der Waals surface area (Å²) in [5.74, 6) is 2.25. The Bertz CT molecular complexity index is 316. The average Bonchev–Trinajstić information content (AvgIpc) is 2.97. The van der Waals surface area contributed by atoms with Crippen molar-refractivity contribution in [3.8, 4) is 0 Å². The zero-order valence-electron chi connectivity index (χ0n) is 14.0. The molecule has 3 heteroatoms. The van der Waals surface area contributed by atoms with E-state index < -0.39 is 0 Å². The van der Waals surface area contributed by atoms with Gasteiger partial charge in [0.05, 0.1) is 0 Å². The van der Waals surface area contributed by atoms with Crippen molar-refractivity contribution >= 4 is 11.8 Å². The molecule has 122 valence electrons. The molecule has 2 saturated carbocycles. The van der Waals surface area contributed by atoms with Gasteiger partial charge >= 0.3 is 0 Å². The van der Waals surface area contributed by atoms with Crippen LogP contribution in [0, 0.1) is 5.92 Å². The Labute approximate surface area is 135 Å². The van der Waals surface area contributed by atoms with Crippen molar-refractivity contribution < 1.29 is 0 Å². The van der Waals surface area contributed by atoms with E-state index in [1.165, 1.54) is 70.2 Å². The first-order chi connectivity index (χ1) is 10.3. The Balaban J connectivity index is 1.56. The fourth-order valence-corrected chi connectivity index (χ4v) is 6.01. The van der Waals surface area contributed by atoms with Gasteiger partial charge in [-0.2, -0.15) is 11.8 Å². The third-order valence-corrected chi connectivity index (χ3v) is 7.33. The molecule has 3 fully saturated rings. The van der Waals surface area contributed by atoms with Crippen LogP contribution in [0.5, 0.6) is 0 Å². The van der Waals surface area contributed by atoms with Crippen LogP contribution in [0.25, 0.3) is 0 Å². The lowest BCUT2D eigenvalue weighted by molar-refractivity contribution is 0.0680. The minimum atomic E-state index is 0.736. The standard InChI is InChI=1S/C18H34N2S/c1-3-21-17-10-9-16(11-17)20-13-18(19-12-14(20)2)15-7-5-4-6-8-15/h14-19H,3-13H2,1-2H3. The molecule has 4 atom stereocenters. The first kappa shape index (κ1) is 16.1. The normalized spacial score (nSPS) is 39.7. The predicted molar refractivity (Wildman–Crippen MR) is 94.1 cm³/mol. The second kappa shape index (κ2) is 7.70. The molecule has 1 heterocycles. The summed E-state index contributed by atoms with van der Waals surface area (Å²) in [7, 11) is 0. The fraction of sp³-hybridized carbons (Fsp3) is 1.00. The van der Waals surface area contributed by atoms with Gasteiger partial charge in [-0.05, 0) is 50.7 Å². The molecule has 0 aromatic heterocycles. The van der Waals surface area contributed by atoms with Crippen LogP contribution in [0.3, 0.4) is 0 Å². The molecule has 0 bridgehead atoms. The summed E-state index contributed by atoms with van der Waals surface area (Å²) in [4.78, 5) is 2.88. The van der Waals surface area contributed by atoms with Crippen molar-refractivity contribution in [3.05, 3.63) is 0 Å². The monoisotopic (exact) mass is 310 g/mol. The third-order valence-electron chi connectivity index (χ3n) is 6.10. The molecule has 3 rings (SSSR count). The molecule has 21 heavy (non-hydrogen) atoms. The smallest absolute Gasteiger partial charge is 0.0224 e. The molecule has 0 aromatic carbocycles. The highest BCUT2D eigenvalue weighted by atomic mass is 32.2. The second-order valence-corrected chi connectivity index (χ2v) is 9.08. The molecule has 3 aliphatic rings. The summed E-state index contributed by atoms with van der Waals surface area (Å²) in [6, 6.07) is 2.39. The maximum Gasteiger partial charge on any atom is 0.0224 e. The van der Waals surface area contributed by atoms with Crippen molar-refractivity contribution in [3.63, 3.8) is 0 Å². The average molecular weight is 311 g/mol. The Hall–Kier alpha value is 0.270. The molecule has 4 unspecified atom stereocenters. The maximum absolute atomic E-state index is 3.88. The summed E-state index contributed by atoms with van der Waals surface area (Å²) < 4.78 is 0. The SMILES string of the molecule is CCSC1CCC(N2CC(C3CCCCC3)NCC2C)C1. The zero-order chi connectivity index (χ0) is 14.7. The van der Waals surface area contributed by atoms with Gasteiger partial charge in [0, 0.05) is 36.5 Å². The maximum atomic E-state index is 3.88. The van der Waals surface area contributed by atoms with Gasteiger partial charge in [0.2, 0.25) is 0 Å². The molecular weight excluding hydrogens is 276 g/mol. The van der Waals surface area contributed by atoms with Gasteiger partial charge in [0.1, 0.15) is 0 Å². The van der Waals surface area contributed by atoms with Gasteiger partial charge in [-0.3, -0.25) is 4.90 Å². The minimum Gasteiger partial charge on any atom is -0.311 e. The van der Waals surface area contributed by atoms with Crippen molar-refractivity contribution in [2.45, 2.75) is 88.6 Å². The van der Waals surface area contributed by atoms with Crippen molar-refractivity contribution in [1.82, 2.24) is 10.2 Å². The summed E-state index contributed by atoms with van der Waals surface area (Å²) in [6.45, 7) is 7.28. The number of nitrogens with one attached hydrogen (secondary N) is 1. The number of thioether (sulfide) groups is 1. The molecule has 0 aromatic rings. The third kappa shape index (κ3) is 3.97. The molecule has 0 spiro atoms. The van der Waals surface area contributed by atoms with Gasteiger partial charge in [0.15, 0.2) is 0 Å². The molecule has 1 aliphatic heterocycles. The second-order valence-electron chi connectivity index (χ2n) is 7.50. The van der Waals surface area contributed by atoms with E-state index in [1.54, 1.807) is 0 Å². The fourth-order valence-electron chi connectivity index (χ4n) is 4.88. The van der Waals surface area contributed by atoms with E-state index in [9.17, 15) is 0 Å². The number of hydrogen-bond donors (Lipinski definition) is 1. The summed E-state index contributed by atoms with van der Waals surface area (Å²) in [5, 5.41) is 4.82. The molecule has 1 saturated heterocycles. The van der Waals surface area contributed by atoms with E-state index in [1.807, 2.05) is 0 Å². The Morgan fingerprint density at radius 3 is 2.67 bits per heavy atom. The van der Waals surface area contributed by atoms with E-state index >= 15 is 0 Å². The van der Waals surface area contributed by atoms with Crippen LogP contribution in [0.4, 0.5) is 0 Å². The first-order valence-corrected chi connectivity index (χ1v) is 10.4. The largest absolute Gasteiger partial charge is 0.311 e. The highest BCUT2D eigenvalue weighted by Crippen LogP contribution is 2.35. The summed E-state index contributed by atoms with van der Waals surface area (Å²) in [6.07, 6.45) is 11.7.